The summed E-state index contributed by atoms with van der Waals surface area (Å²) in [6, 6.07) is 6.99. The van der Waals surface area contributed by atoms with E-state index in [-0.39, 0.29) is 44.1 Å². The summed E-state index contributed by atoms with van der Waals surface area (Å²) in [5.41, 5.74) is 2.01. The van der Waals surface area contributed by atoms with E-state index in [2.05, 4.69) is 11.1 Å². The van der Waals surface area contributed by atoms with E-state index in [1.807, 2.05) is 25.1 Å². The molecule has 0 saturated carbocycles. The molecule has 0 aliphatic rings. The van der Waals surface area contributed by atoms with Crippen molar-refractivity contribution in [3.8, 4) is 11.3 Å². The molecule has 2 rings (SSSR count). The summed E-state index contributed by atoms with van der Waals surface area (Å²) in [4.78, 5) is 6.14. The first-order valence-corrected chi connectivity index (χ1v) is 6.45. The van der Waals surface area contributed by atoms with Gasteiger partial charge in [-0.05, 0) is 38.4 Å². The molecule has 0 fully saturated rings. The van der Waals surface area contributed by atoms with Crippen molar-refractivity contribution >= 4 is 5.69 Å². The minimum absolute atomic E-state index is 0. The van der Waals surface area contributed by atoms with E-state index in [0.29, 0.717) is 11.4 Å². The molecule has 1 aromatic carbocycles. The smallest absolute Gasteiger partial charge is 0.0438 e. The zero-order chi connectivity index (χ0) is 15.6. The maximum Gasteiger partial charge on any atom is 0.0438 e. The van der Waals surface area contributed by atoms with Crippen LogP contribution in [0.1, 0.15) is 11.3 Å². The van der Waals surface area contributed by atoms with Gasteiger partial charge in [-0.3, -0.25) is 8.78 Å². The Balaban J connectivity index is 0.00000242. The fourth-order valence-electron chi connectivity index (χ4n) is 1.94. The number of nitrogens with zero attached hydrogens (tertiary/aromatic N) is 2. The molecule has 0 spiro atoms. The molecule has 22 heavy (non-hydrogen) atoms. The van der Waals surface area contributed by atoms with Gasteiger partial charge in [-0.2, -0.15) is 0 Å². The summed E-state index contributed by atoms with van der Waals surface area (Å²) in [7, 11) is 3.71. The summed E-state index contributed by atoms with van der Waals surface area (Å²) >= 11 is 0. The molecule has 117 valence electrons. The number of hydrogen-bond donors (Lipinski definition) is 0. The molecule has 0 saturated heterocycles. The van der Waals surface area contributed by atoms with Crippen LogP contribution in [0, 0.1) is 31.5 Å². The number of benzene rings is 1. The van der Waals surface area contributed by atoms with Gasteiger partial charge in [0.25, 0.3) is 0 Å². The number of hydrogen-bond acceptors (Lipinski definition) is 2. The van der Waals surface area contributed by atoms with Crippen molar-refractivity contribution in [2.75, 3.05) is 19.0 Å². The fraction of sp³-hybridized carbons (Fsp3) is 0.235. The Morgan fingerprint density at radius 1 is 1.09 bits per heavy atom. The molecule has 0 aliphatic heterocycles. The third kappa shape index (κ3) is 3.90. The van der Waals surface area contributed by atoms with Crippen LogP contribution in [0.25, 0.3) is 11.3 Å². The Morgan fingerprint density at radius 3 is 2.32 bits per heavy atom. The summed E-state index contributed by atoms with van der Waals surface area (Å²) < 4.78 is 27.5. The molecule has 0 aliphatic carbocycles. The summed E-state index contributed by atoms with van der Waals surface area (Å²) in [6.07, 6.45) is 0.164. The average Bonchev–Trinajstić information content (AvgIpc) is 2.46. The SMILES string of the molecule is [CH]Cc1cc(N(C)C)cc(-c2[c-]c(C[CH])c(F)cc2F)n1.[Ir]. The molecule has 1 heterocycles. The summed E-state index contributed by atoms with van der Waals surface area (Å²) in [6.45, 7) is 11.1. The second kappa shape index (κ2) is 7.80. The first-order chi connectivity index (χ1) is 9.96. The molecule has 0 N–H and O–H groups in total. The van der Waals surface area contributed by atoms with Crippen molar-refractivity contribution < 1.29 is 28.9 Å². The molecule has 2 nitrogen and oxygen atoms in total. The van der Waals surface area contributed by atoms with Crippen LogP contribution in [0.15, 0.2) is 18.2 Å². The Kier molecular flexibility index (Phi) is 6.64. The van der Waals surface area contributed by atoms with Crippen LogP contribution in [-0.2, 0) is 32.9 Å². The predicted molar refractivity (Wildman–Crippen MR) is 78.8 cm³/mol. The van der Waals surface area contributed by atoms with E-state index in [1.54, 1.807) is 6.07 Å². The minimum Gasteiger partial charge on any atom is -0.378 e. The third-order valence-electron chi connectivity index (χ3n) is 3.11. The van der Waals surface area contributed by atoms with Crippen molar-refractivity contribution in [2.24, 2.45) is 0 Å². The topological polar surface area (TPSA) is 16.1 Å². The average molecular weight is 478 g/mol. The maximum absolute atomic E-state index is 14.0. The van der Waals surface area contributed by atoms with Gasteiger partial charge in [0.05, 0.1) is 0 Å². The van der Waals surface area contributed by atoms with Gasteiger partial charge >= 0.3 is 0 Å². The van der Waals surface area contributed by atoms with Crippen LogP contribution in [0.5, 0.6) is 0 Å². The van der Waals surface area contributed by atoms with Gasteiger partial charge in [0, 0.05) is 57.2 Å². The number of aromatic nitrogens is 1. The number of anilines is 1. The summed E-state index contributed by atoms with van der Waals surface area (Å²) in [5.74, 6) is -1.43. The fourth-order valence-corrected chi connectivity index (χ4v) is 1.94. The second-order valence-electron chi connectivity index (χ2n) is 4.82. The van der Waals surface area contributed by atoms with Gasteiger partial charge in [0.2, 0.25) is 0 Å². The Hall–Kier alpha value is -1.32. The second-order valence-corrected chi connectivity index (χ2v) is 4.82. The van der Waals surface area contributed by atoms with Crippen LogP contribution in [-0.4, -0.2) is 19.1 Å². The molecule has 1 aromatic heterocycles. The Bertz CT molecular complexity index is 657. The van der Waals surface area contributed by atoms with Crippen LogP contribution in [0.4, 0.5) is 14.5 Å². The normalized spacial score (nSPS) is 10.3. The molecule has 0 atom stereocenters. The van der Waals surface area contributed by atoms with Gasteiger partial charge in [-0.25, -0.2) is 0 Å². The molecule has 0 unspecified atom stereocenters. The largest absolute Gasteiger partial charge is 0.378 e. The van der Waals surface area contributed by atoms with E-state index in [4.69, 9.17) is 13.8 Å². The molecule has 0 amide bonds. The van der Waals surface area contributed by atoms with E-state index in [9.17, 15) is 8.78 Å². The quantitative estimate of drug-likeness (QED) is 0.628. The van der Waals surface area contributed by atoms with Crippen molar-refractivity contribution in [1.29, 1.82) is 0 Å². The Labute approximate surface area is 143 Å². The van der Waals surface area contributed by atoms with Crippen molar-refractivity contribution in [3.63, 3.8) is 0 Å². The van der Waals surface area contributed by atoms with Crippen LogP contribution in [0.2, 0.25) is 0 Å². The predicted octanol–water partition coefficient (Wildman–Crippen LogP) is 3.40. The zero-order valence-electron chi connectivity index (χ0n) is 12.3. The number of rotatable bonds is 4. The summed E-state index contributed by atoms with van der Waals surface area (Å²) in [5, 5.41) is 0. The molecule has 2 aromatic rings. The van der Waals surface area contributed by atoms with Crippen LogP contribution in [0.3, 0.4) is 0 Å². The monoisotopic (exact) mass is 478 g/mol. The first kappa shape index (κ1) is 18.7. The van der Waals surface area contributed by atoms with Gasteiger partial charge < -0.3 is 9.88 Å². The van der Waals surface area contributed by atoms with Gasteiger partial charge in [-0.15, -0.1) is 6.07 Å². The van der Waals surface area contributed by atoms with Crippen molar-refractivity contribution in [2.45, 2.75) is 12.8 Å². The van der Waals surface area contributed by atoms with E-state index >= 15 is 0 Å². The van der Waals surface area contributed by atoms with Crippen molar-refractivity contribution in [3.05, 3.63) is 61.0 Å². The number of halogens is 2. The maximum atomic E-state index is 14.0. The van der Waals surface area contributed by atoms with Crippen LogP contribution >= 0.6 is 0 Å². The van der Waals surface area contributed by atoms with Crippen molar-refractivity contribution in [1.82, 2.24) is 4.98 Å². The van der Waals surface area contributed by atoms with E-state index < -0.39 is 11.6 Å². The third-order valence-corrected chi connectivity index (χ3v) is 3.11. The first-order valence-electron chi connectivity index (χ1n) is 6.45. The Morgan fingerprint density at radius 2 is 1.77 bits per heavy atom. The molecular weight excluding hydrogens is 462 g/mol. The van der Waals surface area contributed by atoms with Gasteiger partial charge in [-0.1, -0.05) is 23.3 Å². The van der Waals surface area contributed by atoms with E-state index in [1.165, 1.54) is 0 Å². The standard InChI is InChI=1S/C17H15F2N2.Ir/c1-5-11-7-14(16(19)10-15(11)18)17-9-13(21(3)4)8-12(6-2)20-17;/h1-2,8-10H,5-6H2,3-4H3;/q-1;. The molecule has 5 radical (unpaired) electrons. The van der Waals surface area contributed by atoms with Gasteiger partial charge in [0.15, 0.2) is 0 Å². The van der Waals surface area contributed by atoms with E-state index in [0.717, 1.165) is 11.8 Å². The number of pyridine rings is 1. The van der Waals surface area contributed by atoms with Gasteiger partial charge in [0.1, 0.15) is 0 Å². The molecule has 5 heteroatoms. The molecular formula is C17H15F2IrN2-. The zero-order valence-corrected chi connectivity index (χ0v) is 14.7. The minimum atomic E-state index is -0.726. The van der Waals surface area contributed by atoms with Crippen LogP contribution < -0.4 is 4.90 Å². The molecule has 0 bridgehead atoms.